The van der Waals surface area contributed by atoms with Crippen LogP contribution in [0.4, 0.5) is 5.82 Å². The number of benzene rings is 2. The summed E-state index contributed by atoms with van der Waals surface area (Å²) in [4.78, 5) is 16.5. The Balaban J connectivity index is 1.42. The minimum absolute atomic E-state index is 0.145. The molecule has 0 fully saturated rings. The number of amides is 1. The van der Waals surface area contributed by atoms with Crippen LogP contribution in [0.25, 0.3) is 0 Å². The van der Waals surface area contributed by atoms with E-state index in [4.69, 9.17) is 11.6 Å². The Labute approximate surface area is 164 Å². The van der Waals surface area contributed by atoms with E-state index in [0.717, 1.165) is 30.8 Å². The zero-order chi connectivity index (χ0) is 18.9. The Morgan fingerprint density at radius 3 is 2.41 bits per heavy atom. The lowest BCUT2D eigenvalue weighted by atomic mass is 10.1. The van der Waals surface area contributed by atoms with Crippen molar-refractivity contribution >= 4 is 23.3 Å². The number of anilines is 1. The predicted molar refractivity (Wildman–Crippen MR) is 110 cm³/mol. The number of nitrogens with zero attached hydrogens (tertiary/aromatic N) is 1. The van der Waals surface area contributed by atoms with Crippen molar-refractivity contribution in [3.8, 4) is 0 Å². The molecular weight excluding hydrogens is 358 g/mol. The summed E-state index contributed by atoms with van der Waals surface area (Å²) in [6, 6.07) is 21.4. The van der Waals surface area contributed by atoms with Crippen molar-refractivity contribution < 1.29 is 4.79 Å². The van der Waals surface area contributed by atoms with E-state index in [1.165, 1.54) is 5.56 Å². The lowest BCUT2D eigenvalue weighted by Crippen LogP contribution is -2.22. The zero-order valence-electron chi connectivity index (χ0n) is 15.0. The van der Waals surface area contributed by atoms with Crippen LogP contribution in [0, 0.1) is 0 Å². The minimum atomic E-state index is -0.145. The molecule has 0 spiro atoms. The summed E-state index contributed by atoms with van der Waals surface area (Å²) in [5.74, 6) is 0.630. The molecule has 4 nitrogen and oxygen atoms in total. The Hall–Kier alpha value is -2.85. The third-order valence-corrected chi connectivity index (χ3v) is 4.44. The van der Waals surface area contributed by atoms with E-state index >= 15 is 0 Å². The number of nitrogens with one attached hydrogen (secondary N) is 2. The van der Waals surface area contributed by atoms with Crippen molar-refractivity contribution in [2.45, 2.75) is 19.4 Å². The van der Waals surface area contributed by atoms with Crippen LogP contribution in [-0.4, -0.2) is 17.4 Å². The molecule has 5 heteroatoms. The number of carbonyl (C=O) groups is 1. The topological polar surface area (TPSA) is 54.0 Å². The number of aromatic nitrogens is 1. The second-order valence-corrected chi connectivity index (χ2v) is 6.69. The van der Waals surface area contributed by atoms with Gasteiger partial charge in [-0.15, -0.1) is 0 Å². The highest BCUT2D eigenvalue weighted by Gasteiger charge is 2.06. The molecule has 0 bridgehead atoms. The summed E-state index contributed by atoms with van der Waals surface area (Å²) < 4.78 is 0. The normalized spacial score (nSPS) is 10.4. The van der Waals surface area contributed by atoms with Crippen molar-refractivity contribution in [3.63, 3.8) is 0 Å². The smallest absolute Gasteiger partial charge is 0.253 e. The third kappa shape index (κ3) is 6.12. The van der Waals surface area contributed by atoms with Gasteiger partial charge in [0.05, 0.1) is 5.56 Å². The first-order chi connectivity index (χ1) is 13.2. The number of rotatable bonds is 8. The molecule has 1 heterocycles. The molecule has 0 atom stereocenters. The second kappa shape index (κ2) is 9.74. The lowest BCUT2D eigenvalue weighted by molar-refractivity contribution is 0.0950. The molecule has 27 heavy (non-hydrogen) atoms. The molecule has 2 aromatic carbocycles. The van der Waals surface area contributed by atoms with E-state index in [0.29, 0.717) is 17.1 Å². The fraction of sp³-hybridized carbons (Fsp3) is 0.182. The maximum atomic E-state index is 12.2. The van der Waals surface area contributed by atoms with Crippen LogP contribution >= 0.6 is 11.6 Å². The number of pyridine rings is 1. The van der Waals surface area contributed by atoms with E-state index < -0.39 is 0 Å². The van der Waals surface area contributed by atoms with Crippen molar-refractivity contribution in [1.29, 1.82) is 0 Å². The fourth-order valence-electron chi connectivity index (χ4n) is 2.67. The van der Waals surface area contributed by atoms with Crippen LogP contribution in [0.15, 0.2) is 72.9 Å². The standard InChI is InChI=1S/C22H22ClN3O/c23-20-11-8-18(9-12-20)15-26-22(27)19-10-13-21(25-16-19)24-14-4-7-17-5-2-1-3-6-17/h1-3,5-6,8-13,16H,4,7,14-15H2,(H,24,25)(H,26,27). The monoisotopic (exact) mass is 379 g/mol. The lowest BCUT2D eigenvalue weighted by Gasteiger charge is -2.08. The van der Waals surface area contributed by atoms with E-state index in [1.54, 1.807) is 12.3 Å². The summed E-state index contributed by atoms with van der Waals surface area (Å²) in [6.45, 7) is 1.29. The molecule has 0 saturated heterocycles. The first-order valence-electron chi connectivity index (χ1n) is 8.97. The van der Waals surface area contributed by atoms with Gasteiger partial charge in [-0.25, -0.2) is 4.98 Å². The molecule has 2 N–H and O–H groups in total. The fourth-order valence-corrected chi connectivity index (χ4v) is 2.80. The van der Waals surface area contributed by atoms with Gasteiger partial charge in [-0.2, -0.15) is 0 Å². The van der Waals surface area contributed by atoms with Gasteiger partial charge in [0.1, 0.15) is 5.82 Å². The van der Waals surface area contributed by atoms with Crippen LogP contribution in [0.5, 0.6) is 0 Å². The van der Waals surface area contributed by atoms with Gasteiger partial charge in [0.2, 0.25) is 0 Å². The second-order valence-electron chi connectivity index (χ2n) is 6.26. The number of hydrogen-bond donors (Lipinski definition) is 2. The van der Waals surface area contributed by atoms with Crippen LogP contribution in [0.1, 0.15) is 27.9 Å². The molecule has 138 valence electrons. The first-order valence-corrected chi connectivity index (χ1v) is 9.35. The molecule has 0 aliphatic rings. The maximum Gasteiger partial charge on any atom is 0.253 e. The van der Waals surface area contributed by atoms with Gasteiger partial charge < -0.3 is 10.6 Å². The molecule has 1 aromatic heterocycles. The van der Waals surface area contributed by atoms with Crippen LogP contribution in [-0.2, 0) is 13.0 Å². The number of hydrogen-bond acceptors (Lipinski definition) is 3. The van der Waals surface area contributed by atoms with Crippen molar-refractivity contribution in [1.82, 2.24) is 10.3 Å². The summed E-state index contributed by atoms with van der Waals surface area (Å²) in [7, 11) is 0. The van der Waals surface area contributed by atoms with Crippen LogP contribution < -0.4 is 10.6 Å². The van der Waals surface area contributed by atoms with Gasteiger partial charge in [0.25, 0.3) is 5.91 Å². The predicted octanol–water partition coefficient (Wildman–Crippen LogP) is 4.71. The van der Waals surface area contributed by atoms with Crippen molar-refractivity contribution in [2.24, 2.45) is 0 Å². The van der Waals surface area contributed by atoms with E-state index in [1.807, 2.05) is 36.4 Å². The molecular formula is C22H22ClN3O. The number of carbonyl (C=O) groups excluding carboxylic acids is 1. The average molecular weight is 380 g/mol. The maximum absolute atomic E-state index is 12.2. The minimum Gasteiger partial charge on any atom is -0.370 e. The van der Waals surface area contributed by atoms with E-state index in [9.17, 15) is 4.79 Å². The van der Waals surface area contributed by atoms with Gasteiger partial charge in [-0.1, -0.05) is 54.1 Å². The largest absolute Gasteiger partial charge is 0.370 e. The Bertz CT molecular complexity index is 849. The van der Waals surface area contributed by atoms with Crippen molar-refractivity contribution in [2.75, 3.05) is 11.9 Å². The molecule has 1 amide bonds. The average Bonchev–Trinajstić information content (AvgIpc) is 2.72. The van der Waals surface area contributed by atoms with E-state index in [2.05, 4.69) is 39.9 Å². The molecule has 0 radical (unpaired) electrons. The highest BCUT2D eigenvalue weighted by atomic mass is 35.5. The summed E-state index contributed by atoms with van der Waals surface area (Å²) >= 11 is 5.86. The van der Waals surface area contributed by atoms with Gasteiger partial charge in [-0.05, 0) is 48.2 Å². The van der Waals surface area contributed by atoms with Crippen LogP contribution in [0.2, 0.25) is 5.02 Å². The number of halogens is 1. The van der Waals surface area contributed by atoms with Gasteiger partial charge in [0, 0.05) is 24.3 Å². The third-order valence-electron chi connectivity index (χ3n) is 4.18. The zero-order valence-corrected chi connectivity index (χ0v) is 15.7. The van der Waals surface area contributed by atoms with Crippen LogP contribution in [0.3, 0.4) is 0 Å². The first kappa shape index (κ1) is 18.9. The summed E-state index contributed by atoms with van der Waals surface area (Å²) in [6.07, 6.45) is 3.64. The molecule has 0 aliphatic heterocycles. The van der Waals surface area contributed by atoms with Crippen molar-refractivity contribution in [3.05, 3.63) is 94.6 Å². The summed E-state index contributed by atoms with van der Waals surface area (Å²) in [5.41, 5.74) is 2.87. The molecule has 0 aliphatic carbocycles. The van der Waals surface area contributed by atoms with Gasteiger partial charge in [-0.3, -0.25) is 4.79 Å². The van der Waals surface area contributed by atoms with Gasteiger partial charge in [0.15, 0.2) is 0 Å². The summed E-state index contributed by atoms with van der Waals surface area (Å²) in [5, 5.41) is 6.85. The molecule has 3 rings (SSSR count). The Morgan fingerprint density at radius 2 is 1.70 bits per heavy atom. The number of aryl methyl sites for hydroxylation is 1. The molecule has 0 saturated carbocycles. The van der Waals surface area contributed by atoms with Gasteiger partial charge >= 0.3 is 0 Å². The SMILES string of the molecule is O=C(NCc1ccc(Cl)cc1)c1ccc(NCCCc2ccccc2)nc1. The molecule has 3 aromatic rings. The quantitative estimate of drug-likeness (QED) is 0.557. The Morgan fingerprint density at radius 1 is 0.926 bits per heavy atom. The highest BCUT2D eigenvalue weighted by Crippen LogP contribution is 2.10. The molecule has 0 unspecified atom stereocenters. The Kier molecular flexibility index (Phi) is 6.83. The van der Waals surface area contributed by atoms with E-state index in [-0.39, 0.29) is 5.91 Å². The highest BCUT2D eigenvalue weighted by molar-refractivity contribution is 6.30.